The molecule has 0 amide bonds. The largest absolute Gasteiger partial charge is 0.543 e. The Morgan fingerprint density at radius 1 is 1.07 bits per heavy atom. The van der Waals surface area contributed by atoms with Gasteiger partial charge in [-0.1, -0.05) is 53.2 Å². The van der Waals surface area contributed by atoms with Crippen LogP contribution in [0.25, 0.3) is 22.4 Å². The molecular weight excluding hydrogens is 418 g/mol. The van der Waals surface area contributed by atoms with E-state index in [1.165, 1.54) is 18.9 Å². The molecule has 4 rings (SSSR count). The van der Waals surface area contributed by atoms with Crippen molar-refractivity contribution >= 4 is 21.9 Å². The van der Waals surface area contributed by atoms with Crippen LogP contribution in [0.3, 0.4) is 0 Å². The van der Waals surface area contributed by atoms with Gasteiger partial charge >= 0.3 is 0 Å². The first-order chi connectivity index (χ1) is 13.5. The lowest BCUT2D eigenvalue weighted by Crippen LogP contribution is -2.23. The summed E-state index contributed by atoms with van der Waals surface area (Å²) < 4.78 is 7.12. The third-order valence-corrected chi connectivity index (χ3v) is 5.57. The van der Waals surface area contributed by atoms with E-state index in [2.05, 4.69) is 27.8 Å². The Hall–Kier alpha value is -2.66. The first-order valence-corrected chi connectivity index (χ1v) is 9.95. The van der Waals surface area contributed by atoms with Gasteiger partial charge in [0.1, 0.15) is 5.75 Å². The van der Waals surface area contributed by atoms with Crippen molar-refractivity contribution < 1.29 is 14.6 Å². The second-order valence-corrected chi connectivity index (χ2v) is 8.40. The number of rotatable bonds is 6. The Labute approximate surface area is 172 Å². The van der Waals surface area contributed by atoms with Gasteiger partial charge in [0.2, 0.25) is 0 Å². The summed E-state index contributed by atoms with van der Waals surface area (Å²) in [5.74, 6) is -0.483. The van der Waals surface area contributed by atoms with E-state index in [1.807, 2.05) is 42.5 Å². The Morgan fingerprint density at radius 2 is 1.82 bits per heavy atom. The molecule has 1 saturated carbocycles. The molecule has 0 atom stereocenters. The van der Waals surface area contributed by atoms with Gasteiger partial charge in [-0.15, -0.1) is 0 Å². The lowest BCUT2D eigenvalue weighted by atomic mass is 9.96. The van der Waals surface area contributed by atoms with Crippen LogP contribution in [0.15, 0.2) is 65.1 Å². The van der Waals surface area contributed by atoms with E-state index in [-0.39, 0.29) is 11.1 Å². The maximum absolute atomic E-state index is 11.2. The summed E-state index contributed by atoms with van der Waals surface area (Å²) in [5, 5.41) is 11.2. The smallest absolute Gasteiger partial charge is 0.127 e. The molecule has 0 N–H and O–H groups in total. The number of carboxylic acids is 1. The van der Waals surface area contributed by atoms with Gasteiger partial charge in [-0.25, -0.2) is 4.98 Å². The first kappa shape index (κ1) is 18.7. The van der Waals surface area contributed by atoms with Crippen LogP contribution in [-0.2, 0) is 0 Å². The molecule has 142 valence electrons. The molecule has 0 radical (unpaired) electrons. The Morgan fingerprint density at radius 3 is 2.54 bits per heavy atom. The maximum Gasteiger partial charge on any atom is 0.127 e. The summed E-state index contributed by atoms with van der Waals surface area (Å²) in [6, 6.07) is 18.7. The zero-order valence-electron chi connectivity index (χ0n) is 15.4. The summed E-state index contributed by atoms with van der Waals surface area (Å²) in [4.78, 5) is 15.5. The van der Waals surface area contributed by atoms with E-state index < -0.39 is 5.97 Å². The molecule has 0 saturated heterocycles. The van der Waals surface area contributed by atoms with Crippen LogP contribution in [0, 0.1) is 5.41 Å². The van der Waals surface area contributed by atoms with Crippen LogP contribution >= 0.6 is 15.9 Å². The highest BCUT2D eigenvalue weighted by molar-refractivity contribution is 9.10. The normalized spacial score (nSPS) is 14.5. The molecule has 28 heavy (non-hydrogen) atoms. The predicted octanol–water partition coefficient (Wildman–Crippen LogP) is 4.72. The van der Waals surface area contributed by atoms with Crippen molar-refractivity contribution in [3.63, 3.8) is 0 Å². The summed E-state index contributed by atoms with van der Waals surface area (Å²) in [6.07, 6.45) is 2.38. The molecule has 5 heteroatoms. The average molecular weight is 437 g/mol. The minimum absolute atomic E-state index is 0.0836. The van der Waals surface area contributed by atoms with Crippen LogP contribution < -0.4 is 9.84 Å². The van der Waals surface area contributed by atoms with Crippen molar-refractivity contribution in [1.82, 2.24) is 4.98 Å². The molecule has 1 aliphatic carbocycles. The molecule has 0 unspecified atom stereocenters. The molecule has 0 aliphatic heterocycles. The highest BCUT2D eigenvalue weighted by Crippen LogP contribution is 2.46. The Bertz CT molecular complexity index is 1040. The number of halogens is 1. The number of hydrogen-bond donors (Lipinski definition) is 0. The molecule has 2 aromatic carbocycles. The molecule has 0 spiro atoms. The summed E-state index contributed by atoms with van der Waals surface area (Å²) in [6.45, 7) is 2.91. The summed E-state index contributed by atoms with van der Waals surface area (Å²) >= 11 is 3.55. The number of aromatic carboxylic acids is 1. The number of nitrogens with zero attached hydrogens (tertiary/aromatic N) is 1. The fourth-order valence-electron chi connectivity index (χ4n) is 3.09. The van der Waals surface area contributed by atoms with Crippen LogP contribution in [0.2, 0.25) is 0 Å². The maximum atomic E-state index is 11.2. The second kappa shape index (κ2) is 7.40. The van der Waals surface area contributed by atoms with E-state index >= 15 is 0 Å². The molecule has 4 nitrogen and oxygen atoms in total. The van der Waals surface area contributed by atoms with Crippen molar-refractivity contribution in [2.75, 3.05) is 6.61 Å². The monoisotopic (exact) mass is 436 g/mol. The first-order valence-electron chi connectivity index (χ1n) is 9.16. The SMILES string of the molecule is CC1(COc2ccc(Br)cc2-c2ccccc2-c2cccc(C(=O)[O-])n2)CC1. The van der Waals surface area contributed by atoms with Crippen molar-refractivity contribution in [1.29, 1.82) is 0 Å². The van der Waals surface area contributed by atoms with Crippen LogP contribution in [0.4, 0.5) is 0 Å². The molecule has 0 bridgehead atoms. The molecule has 3 aromatic rings. The number of hydrogen-bond acceptors (Lipinski definition) is 4. The van der Waals surface area contributed by atoms with E-state index in [0.717, 1.165) is 26.9 Å². The summed E-state index contributed by atoms with van der Waals surface area (Å²) in [5.41, 5.74) is 3.48. The molecule has 1 aliphatic rings. The number of ether oxygens (including phenoxy) is 1. The molecule has 1 fully saturated rings. The van der Waals surface area contributed by atoms with E-state index in [0.29, 0.717) is 12.3 Å². The second-order valence-electron chi connectivity index (χ2n) is 7.48. The number of carbonyl (C=O) groups excluding carboxylic acids is 1. The highest BCUT2D eigenvalue weighted by Gasteiger charge is 2.38. The van der Waals surface area contributed by atoms with Crippen LogP contribution in [0.5, 0.6) is 5.75 Å². The van der Waals surface area contributed by atoms with Gasteiger partial charge in [0, 0.05) is 21.0 Å². The number of benzene rings is 2. The van der Waals surface area contributed by atoms with Gasteiger partial charge in [0.15, 0.2) is 0 Å². The fraction of sp³-hybridized carbons (Fsp3) is 0.217. The topological polar surface area (TPSA) is 62.2 Å². The van der Waals surface area contributed by atoms with Gasteiger partial charge in [-0.05, 0) is 48.7 Å². The standard InChI is InChI=1S/C23H20BrNO3/c1-23(11-12-23)14-28-21-10-9-15(24)13-18(21)16-5-2-3-6-17(16)19-7-4-8-20(25-19)22(26)27/h2-10,13H,11-12,14H2,1H3,(H,26,27)/p-1. The number of pyridine rings is 1. The zero-order chi connectivity index (χ0) is 19.7. The number of carboxylic acid groups (broad SMARTS) is 1. The van der Waals surface area contributed by atoms with Gasteiger partial charge < -0.3 is 14.6 Å². The fourth-order valence-corrected chi connectivity index (χ4v) is 3.45. The third kappa shape index (κ3) is 3.94. The van der Waals surface area contributed by atoms with Crippen molar-refractivity contribution in [3.8, 4) is 28.1 Å². The lowest BCUT2D eigenvalue weighted by molar-refractivity contribution is -0.255. The van der Waals surface area contributed by atoms with E-state index in [1.54, 1.807) is 12.1 Å². The molecule has 1 aromatic heterocycles. The number of carbonyl (C=O) groups is 1. The lowest BCUT2D eigenvalue weighted by Gasteiger charge is -2.17. The van der Waals surface area contributed by atoms with E-state index in [4.69, 9.17) is 4.74 Å². The predicted molar refractivity (Wildman–Crippen MR) is 110 cm³/mol. The minimum Gasteiger partial charge on any atom is -0.543 e. The average Bonchev–Trinajstić information content (AvgIpc) is 3.44. The van der Waals surface area contributed by atoms with Gasteiger partial charge in [0.05, 0.1) is 24.0 Å². The molecular formula is C23H19BrNO3-. The van der Waals surface area contributed by atoms with Crippen LogP contribution in [-0.4, -0.2) is 17.6 Å². The van der Waals surface area contributed by atoms with Gasteiger partial charge in [-0.3, -0.25) is 0 Å². The van der Waals surface area contributed by atoms with E-state index in [9.17, 15) is 9.90 Å². The Balaban J connectivity index is 1.79. The number of aromatic nitrogens is 1. The molecule has 1 heterocycles. The quantitative estimate of drug-likeness (QED) is 0.560. The van der Waals surface area contributed by atoms with Gasteiger partial charge in [-0.2, -0.15) is 0 Å². The third-order valence-electron chi connectivity index (χ3n) is 5.07. The van der Waals surface area contributed by atoms with Crippen molar-refractivity contribution in [2.45, 2.75) is 19.8 Å². The zero-order valence-corrected chi connectivity index (χ0v) is 17.0. The van der Waals surface area contributed by atoms with Crippen molar-refractivity contribution in [2.24, 2.45) is 5.41 Å². The van der Waals surface area contributed by atoms with Gasteiger partial charge in [0.25, 0.3) is 0 Å². The highest BCUT2D eigenvalue weighted by atomic mass is 79.9. The van der Waals surface area contributed by atoms with Crippen LogP contribution in [0.1, 0.15) is 30.3 Å². The minimum atomic E-state index is -1.29. The van der Waals surface area contributed by atoms with Crippen molar-refractivity contribution in [3.05, 3.63) is 70.8 Å². The summed E-state index contributed by atoms with van der Waals surface area (Å²) in [7, 11) is 0. The Kier molecular flexibility index (Phi) is 4.94.